The molecule has 2 aromatic rings. The van der Waals surface area contributed by atoms with Crippen LogP contribution in [0.5, 0.6) is 0 Å². The Morgan fingerprint density at radius 3 is 2.63 bits per heavy atom. The number of fused-ring (bicyclic) bond motifs is 3. The maximum atomic E-state index is 13.6. The van der Waals surface area contributed by atoms with Gasteiger partial charge in [0.25, 0.3) is 0 Å². The Hall–Kier alpha value is -2.01. The van der Waals surface area contributed by atoms with Crippen LogP contribution >= 0.6 is 36.6 Å². The molecule has 3 heterocycles. The van der Waals surface area contributed by atoms with Gasteiger partial charge in [-0.25, -0.2) is 4.79 Å². The van der Waals surface area contributed by atoms with Gasteiger partial charge in [-0.2, -0.15) is 0 Å². The highest BCUT2D eigenvalue weighted by Crippen LogP contribution is 2.49. The van der Waals surface area contributed by atoms with E-state index in [-0.39, 0.29) is 36.2 Å². The predicted molar refractivity (Wildman–Crippen MR) is 144 cm³/mol. The van der Waals surface area contributed by atoms with Crippen LogP contribution in [-0.2, 0) is 9.53 Å². The number of carbonyl (C=O) groups is 2. The van der Waals surface area contributed by atoms with E-state index in [9.17, 15) is 9.59 Å². The molecule has 1 unspecified atom stereocenters. The molecule has 0 aromatic heterocycles. The summed E-state index contributed by atoms with van der Waals surface area (Å²) in [7, 11) is 1.33. The van der Waals surface area contributed by atoms with Crippen LogP contribution in [0, 0.1) is 0 Å². The molecule has 11 heteroatoms. The first kappa shape index (κ1) is 29.2. The van der Waals surface area contributed by atoms with Gasteiger partial charge in [0.1, 0.15) is 0 Å². The van der Waals surface area contributed by atoms with Crippen molar-refractivity contribution in [3.63, 3.8) is 0 Å². The Kier molecular flexibility index (Phi) is 10.7. The van der Waals surface area contributed by atoms with Crippen molar-refractivity contribution in [2.75, 3.05) is 50.1 Å². The molecule has 0 radical (unpaired) electrons. The quantitative estimate of drug-likeness (QED) is 0.622. The summed E-state index contributed by atoms with van der Waals surface area (Å²) in [5.74, 6) is 0.0723. The van der Waals surface area contributed by atoms with E-state index in [2.05, 4.69) is 15.1 Å². The van der Waals surface area contributed by atoms with Crippen molar-refractivity contribution in [2.45, 2.75) is 35.1 Å². The van der Waals surface area contributed by atoms with Crippen molar-refractivity contribution in [3.05, 3.63) is 42.5 Å². The topological polar surface area (TPSA) is 96.6 Å². The van der Waals surface area contributed by atoms with Crippen molar-refractivity contribution in [2.24, 2.45) is 0 Å². The van der Waals surface area contributed by atoms with Crippen LogP contribution in [0.4, 0.5) is 21.9 Å². The third-order valence-electron chi connectivity index (χ3n) is 6.52. The minimum Gasteiger partial charge on any atom is -0.453 e. The maximum absolute atomic E-state index is 13.6. The maximum Gasteiger partial charge on any atom is 0.411 e. The van der Waals surface area contributed by atoms with Gasteiger partial charge in [-0.1, -0.05) is 23.9 Å². The number of hydrogen-bond donors (Lipinski definition) is 1. The minimum atomic E-state index is -0.530. The zero-order valence-electron chi connectivity index (χ0n) is 19.6. The van der Waals surface area contributed by atoms with Gasteiger partial charge in [0, 0.05) is 54.1 Å². The largest absolute Gasteiger partial charge is 0.453 e. The van der Waals surface area contributed by atoms with Crippen LogP contribution in [0.2, 0.25) is 0 Å². The molecular weight excluding hydrogens is 511 g/mol. The molecule has 5 rings (SSSR count). The van der Waals surface area contributed by atoms with E-state index in [0.717, 1.165) is 47.3 Å². The van der Waals surface area contributed by atoms with Gasteiger partial charge in [0.2, 0.25) is 5.91 Å². The van der Waals surface area contributed by atoms with Crippen molar-refractivity contribution in [1.82, 2.24) is 9.80 Å². The van der Waals surface area contributed by atoms with Crippen LogP contribution < -0.4 is 10.2 Å². The SMILES string of the molecule is COC(=O)Nc1ccc2c(c1)N(C(=O)CCN1CCN3CCCC3C1)c1ccccc1S2.Cl.Cl.O. The fraction of sp³-hybridized carbons (Fsp3) is 0.417. The number of hydrogen-bond acceptors (Lipinski definition) is 6. The van der Waals surface area contributed by atoms with Gasteiger partial charge >= 0.3 is 6.09 Å². The lowest BCUT2D eigenvalue weighted by Gasteiger charge is -2.38. The van der Waals surface area contributed by atoms with Gasteiger partial charge in [-0.15, -0.1) is 24.8 Å². The first-order chi connectivity index (χ1) is 15.6. The second-order valence-electron chi connectivity index (χ2n) is 8.48. The minimum absolute atomic E-state index is 0. The molecule has 0 spiro atoms. The Balaban J connectivity index is 0.00000144. The Labute approximate surface area is 222 Å². The number of amides is 2. The van der Waals surface area contributed by atoms with Gasteiger partial charge < -0.3 is 10.2 Å². The molecule has 0 saturated carbocycles. The van der Waals surface area contributed by atoms with Crippen LogP contribution in [0.1, 0.15) is 19.3 Å². The second kappa shape index (κ2) is 12.8. The van der Waals surface area contributed by atoms with E-state index in [0.29, 0.717) is 18.2 Å². The highest BCUT2D eigenvalue weighted by molar-refractivity contribution is 7.99. The number of carbonyl (C=O) groups excluding carboxylic acids is 2. The first-order valence-corrected chi connectivity index (χ1v) is 12.0. The molecule has 35 heavy (non-hydrogen) atoms. The van der Waals surface area contributed by atoms with Crippen LogP contribution in [0.25, 0.3) is 0 Å². The smallest absolute Gasteiger partial charge is 0.411 e. The molecule has 2 saturated heterocycles. The molecule has 3 aliphatic heterocycles. The summed E-state index contributed by atoms with van der Waals surface area (Å²) in [5.41, 5.74) is 2.30. The number of benzene rings is 2. The fourth-order valence-electron chi connectivity index (χ4n) is 4.89. The van der Waals surface area contributed by atoms with Gasteiger partial charge in [-0.05, 0) is 49.7 Å². The summed E-state index contributed by atoms with van der Waals surface area (Å²) in [6, 6.07) is 14.3. The molecule has 2 fully saturated rings. The van der Waals surface area contributed by atoms with E-state index in [1.54, 1.807) is 11.8 Å². The van der Waals surface area contributed by atoms with E-state index in [1.165, 1.54) is 26.5 Å². The van der Waals surface area contributed by atoms with Crippen LogP contribution in [0.3, 0.4) is 0 Å². The Morgan fingerprint density at radius 1 is 1.06 bits per heavy atom. The molecule has 2 amide bonds. The summed E-state index contributed by atoms with van der Waals surface area (Å²) in [4.78, 5) is 34.1. The fourth-order valence-corrected chi connectivity index (χ4v) is 5.93. The molecule has 8 nitrogen and oxygen atoms in total. The Bertz CT molecular complexity index is 1040. The zero-order valence-corrected chi connectivity index (χ0v) is 22.0. The first-order valence-electron chi connectivity index (χ1n) is 11.2. The highest BCUT2D eigenvalue weighted by Gasteiger charge is 2.32. The van der Waals surface area contributed by atoms with Gasteiger partial charge in [-0.3, -0.25) is 24.8 Å². The molecular formula is C24H32Cl2N4O4S. The number of halogens is 2. The highest BCUT2D eigenvalue weighted by atomic mass is 35.5. The lowest BCUT2D eigenvalue weighted by molar-refractivity contribution is -0.118. The summed E-state index contributed by atoms with van der Waals surface area (Å²) in [5, 5.41) is 2.71. The third kappa shape index (κ3) is 6.22. The molecule has 192 valence electrons. The number of anilines is 3. The molecule has 0 aliphatic carbocycles. The number of rotatable bonds is 4. The number of nitrogens with one attached hydrogen (secondary N) is 1. The lowest BCUT2D eigenvalue weighted by atomic mass is 10.1. The number of para-hydroxylation sites is 1. The summed E-state index contributed by atoms with van der Waals surface area (Å²) >= 11 is 1.64. The van der Waals surface area contributed by atoms with E-state index in [1.807, 2.05) is 47.4 Å². The third-order valence-corrected chi connectivity index (χ3v) is 7.65. The lowest BCUT2D eigenvalue weighted by Crippen LogP contribution is -2.50. The monoisotopic (exact) mass is 542 g/mol. The second-order valence-corrected chi connectivity index (χ2v) is 9.56. The number of methoxy groups -OCH3 is 1. The standard InChI is InChI=1S/C24H28N4O3S.2ClH.H2O/c1-31-24(30)25-17-8-9-22-20(15-17)28(19-6-2-3-7-21(19)32-22)23(29)10-12-26-13-14-27-11-4-5-18(27)16-26;;;/h2-3,6-9,15,18H,4-5,10-14,16H2,1H3,(H,25,30);2*1H;1H2. The van der Waals surface area contributed by atoms with E-state index >= 15 is 0 Å². The number of nitrogens with zero attached hydrogens (tertiary/aromatic N) is 3. The summed E-state index contributed by atoms with van der Waals surface area (Å²) in [6.07, 6.45) is 2.49. The van der Waals surface area contributed by atoms with Crippen LogP contribution in [0.15, 0.2) is 52.3 Å². The average Bonchev–Trinajstić information content (AvgIpc) is 3.29. The van der Waals surface area contributed by atoms with Crippen molar-refractivity contribution in [3.8, 4) is 0 Å². The summed E-state index contributed by atoms with van der Waals surface area (Å²) < 4.78 is 4.72. The molecule has 3 aliphatic rings. The molecule has 1 atom stereocenters. The van der Waals surface area contributed by atoms with Gasteiger partial charge in [0.15, 0.2) is 0 Å². The molecule has 2 aromatic carbocycles. The normalized spacial score (nSPS) is 18.5. The van der Waals surface area contributed by atoms with E-state index < -0.39 is 6.09 Å². The Morgan fingerprint density at radius 2 is 1.83 bits per heavy atom. The predicted octanol–water partition coefficient (Wildman–Crippen LogP) is 4.18. The zero-order chi connectivity index (χ0) is 22.1. The molecule has 0 bridgehead atoms. The van der Waals surface area contributed by atoms with Crippen molar-refractivity contribution >= 4 is 65.6 Å². The number of ether oxygens (including phenoxy) is 1. The number of piperazine rings is 1. The van der Waals surface area contributed by atoms with E-state index in [4.69, 9.17) is 4.74 Å². The summed E-state index contributed by atoms with van der Waals surface area (Å²) in [6.45, 7) is 5.18. The van der Waals surface area contributed by atoms with Crippen molar-refractivity contribution in [1.29, 1.82) is 0 Å². The van der Waals surface area contributed by atoms with Gasteiger partial charge in [0.05, 0.1) is 18.5 Å². The van der Waals surface area contributed by atoms with Crippen LogP contribution in [-0.4, -0.2) is 73.2 Å². The molecule has 3 N–H and O–H groups in total. The average molecular weight is 544 g/mol. The van der Waals surface area contributed by atoms with Crippen molar-refractivity contribution < 1.29 is 19.8 Å².